The van der Waals surface area contributed by atoms with Crippen molar-refractivity contribution in [3.8, 4) is 6.07 Å². The van der Waals surface area contributed by atoms with Gasteiger partial charge in [0.25, 0.3) is 0 Å². The van der Waals surface area contributed by atoms with Crippen LogP contribution in [0.1, 0.15) is 36.5 Å². The molecule has 1 aromatic carbocycles. The summed E-state index contributed by atoms with van der Waals surface area (Å²) in [7, 11) is 0. The number of rotatable bonds is 1. The van der Waals surface area contributed by atoms with Gasteiger partial charge >= 0.3 is 0 Å². The van der Waals surface area contributed by atoms with Gasteiger partial charge in [-0.3, -0.25) is 0 Å². The molecule has 0 radical (unpaired) electrons. The van der Waals surface area contributed by atoms with Gasteiger partial charge in [-0.25, -0.2) is 0 Å². The third-order valence-corrected chi connectivity index (χ3v) is 3.03. The molecule has 0 unspecified atom stereocenters. The molecule has 15 heavy (non-hydrogen) atoms. The summed E-state index contributed by atoms with van der Waals surface area (Å²) in [6.07, 6.45) is 0. The molecule has 1 aliphatic heterocycles. The lowest BCUT2D eigenvalue weighted by Crippen LogP contribution is -2.21. The van der Waals surface area contributed by atoms with Crippen LogP contribution < -0.4 is 0 Å². The van der Waals surface area contributed by atoms with Crippen molar-refractivity contribution in [3.63, 3.8) is 0 Å². The van der Waals surface area contributed by atoms with Crippen LogP contribution in [0.25, 0.3) is 0 Å². The average Bonchev–Trinajstić information content (AvgIpc) is 2.27. The second kappa shape index (κ2) is 4.04. The Balaban J connectivity index is 2.41. The molecule has 2 nitrogen and oxygen atoms in total. The fourth-order valence-corrected chi connectivity index (χ4v) is 2.10. The first-order valence-corrected chi connectivity index (χ1v) is 5.33. The van der Waals surface area contributed by atoms with Gasteiger partial charge in [-0.2, -0.15) is 5.26 Å². The monoisotopic (exact) mass is 201 g/mol. The van der Waals surface area contributed by atoms with E-state index >= 15 is 0 Å². The number of hydrogen-bond donors (Lipinski definition) is 0. The van der Waals surface area contributed by atoms with Crippen LogP contribution in [-0.2, 0) is 11.3 Å². The first kappa shape index (κ1) is 10.2. The topological polar surface area (TPSA) is 33.0 Å². The lowest BCUT2D eigenvalue weighted by Gasteiger charge is -2.28. The Labute approximate surface area is 90.5 Å². The summed E-state index contributed by atoms with van der Waals surface area (Å²) in [5, 5.41) is 8.82. The summed E-state index contributed by atoms with van der Waals surface area (Å²) in [6.45, 7) is 5.87. The highest BCUT2D eigenvalue weighted by Gasteiger charge is 2.23. The Bertz CT molecular complexity index is 403. The quantitative estimate of drug-likeness (QED) is 0.700. The maximum Gasteiger partial charge on any atom is 0.0991 e. The van der Waals surface area contributed by atoms with E-state index in [1.54, 1.807) is 0 Å². The average molecular weight is 201 g/mol. The van der Waals surface area contributed by atoms with Gasteiger partial charge in [0.05, 0.1) is 24.8 Å². The predicted molar refractivity (Wildman–Crippen MR) is 58.4 cm³/mol. The van der Waals surface area contributed by atoms with Crippen molar-refractivity contribution in [2.75, 3.05) is 6.61 Å². The molecule has 1 atom stereocenters. The molecule has 1 aromatic rings. The number of nitriles is 1. The van der Waals surface area contributed by atoms with Crippen LogP contribution in [0, 0.1) is 17.2 Å². The van der Waals surface area contributed by atoms with Crippen LogP contribution >= 0.6 is 0 Å². The van der Waals surface area contributed by atoms with Crippen molar-refractivity contribution in [3.05, 3.63) is 34.9 Å². The van der Waals surface area contributed by atoms with Crippen LogP contribution in [0.3, 0.4) is 0 Å². The Morgan fingerprint density at radius 1 is 1.47 bits per heavy atom. The van der Waals surface area contributed by atoms with Gasteiger partial charge in [-0.05, 0) is 29.2 Å². The molecule has 0 bridgehead atoms. The van der Waals surface area contributed by atoms with Crippen LogP contribution in [-0.4, -0.2) is 6.61 Å². The third kappa shape index (κ3) is 1.88. The fraction of sp³-hybridized carbons (Fsp3) is 0.462. The number of benzene rings is 1. The minimum atomic E-state index is 0.474. The molecule has 0 amide bonds. The summed E-state index contributed by atoms with van der Waals surface area (Å²) >= 11 is 0. The molecule has 78 valence electrons. The van der Waals surface area contributed by atoms with Crippen LogP contribution in [0.4, 0.5) is 0 Å². The van der Waals surface area contributed by atoms with Crippen molar-refractivity contribution < 1.29 is 4.74 Å². The Kier molecular flexibility index (Phi) is 2.75. The molecular formula is C13H15NO. The Morgan fingerprint density at radius 2 is 2.27 bits per heavy atom. The zero-order valence-corrected chi connectivity index (χ0v) is 9.16. The SMILES string of the molecule is CC(C)[C@@H]1COCc2cc(C#N)ccc21. The van der Waals surface area contributed by atoms with Gasteiger partial charge < -0.3 is 4.74 Å². The summed E-state index contributed by atoms with van der Waals surface area (Å²) in [5.74, 6) is 1.05. The maximum atomic E-state index is 8.82. The van der Waals surface area contributed by atoms with Gasteiger partial charge in [-0.1, -0.05) is 19.9 Å². The largest absolute Gasteiger partial charge is 0.376 e. The zero-order valence-electron chi connectivity index (χ0n) is 9.16. The molecule has 1 aliphatic rings. The first-order valence-electron chi connectivity index (χ1n) is 5.33. The number of ether oxygens (including phenoxy) is 1. The van der Waals surface area contributed by atoms with E-state index in [0.717, 1.165) is 12.2 Å². The molecule has 0 aromatic heterocycles. The second-order valence-electron chi connectivity index (χ2n) is 4.39. The van der Waals surface area contributed by atoms with Gasteiger partial charge in [0.15, 0.2) is 0 Å². The van der Waals surface area contributed by atoms with Crippen LogP contribution in [0.5, 0.6) is 0 Å². The summed E-state index contributed by atoms with van der Waals surface area (Å²) < 4.78 is 5.56. The summed E-state index contributed by atoms with van der Waals surface area (Å²) in [5.41, 5.74) is 3.26. The second-order valence-corrected chi connectivity index (χ2v) is 4.39. The highest BCUT2D eigenvalue weighted by atomic mass is 16.5. The molecule has 0 N–H and O–H groups in total. The first-order chi connectivity index (χ1) is 7.22. The van der Waals surface area contributed by atoms with Gasteiger partial charge in [0, 0.05) is 5.92 Å². The predicted octanol–water partition coefficient (Wildman–Crippen LogP) is 2.83. The molecule has 0 saturated heterocycles. The highest BCUT2D eigenvalue weighted by molar-refractivity contribution is 5.40. The fourth-order valence-electron chi connectivity index (χ4n) is 2.10. The molecule has 1 heterocycles. The van der Waals surface area contributed by atoms with E-state index in [1.165, 1.54) is 11.1 Å². The van der Waals surface area contributed by atoms with Crippen molar-refractivity contribution in [1.82, 2.24) is 0 Å². The third-order valence-electron chi connectivity index (χ3n) is 3.03. The maximum absolute atomic E-state index is 8.82. The van der Waals surface area contributed by atoms with Crippen molar-refractivity contribution in [2.45, 2.75) is 26.4 Å². The lowest BCUT2D eigenvalue weighted by atomic mass is 9.84. The molecule has 2 heteroatoms. The highest BCUT2D eigenvalue weighted by Crippen LogP contribution is 2.32. The molecule has 2 rings (SSSR count). The van der Waals surface area contributed by atoms with Gasteiger partial charge in [-0.15, -0.1) is 0 Å². The van der Waals surface area contributed by atoms with E-state index in [9.17, 15) is 0 Å². The van der Waals surface area contributed by atoms with Gasteiger partial charge in [0.2, 0.25) is 0 Å². The summed E-state index contributed by atoms with van der Waals surface area (Å²) in [4.78, 5) is 0. The van der Waals surface area contributed by atoms with E-state index in [0.29, 0.717) is 18.4 Å². The molecule has 0 spiro atoms. The van der Waals surface area contributed by atoms with Gasteiger partial charge in [0.1, 0.15) is 0 Å². The van der Waals surface area contributed by atoms with Crippen LogP contribution in [0.2, 0.25) is 0 Å². The number of fused-ring (bicyclic) bond motifs is 1. The van der Waals surface area contributed by atoms with E-state index < -0.39 is 0 Å². The molecule has 0 aliphatic carbocycles. The molecule has 0 fully saturated rings. The number of hydrogen-bond acceptors (Lipinski definition) is 2. The van der Waals surface area contributed by atoms with Crippen molar-refractivity contribution >= 4 is 0 Å². The van der Waals surface area contributed by atoms with E-state index in [4.69, 9.17) is 10.00 Å². The zero-order chi connectivity index (χ0) is 10.8. The van der Waals surface area contributed by atoms with E-state index in [-0.39, 0.29) is 0 Å². The normalized spacial score (nSPS) is 19.7. The smallest absolute Gasteiger partial charge is 0.0991 e. The lowest BCUT2D eigenvalue weighted by molar-refractivity contribution is 0.0792. The van der Waals surface area contributed by atoms with E-state index in [1.807, 2.05) is 12.1 Å². The van der Waals surface area contributed by atoms with Crippen molar-refractivity contribution in [1.29, 1.82) is 5.26 Å². The number of nitrogens with zero attached hydrogens (tertiary/aromatic N) is 1. The minimum Gasteiger partial charge on any atom is -0.376 e. The minimum absolute atomic E-state index is 0.474. The van der Waals surface area contributed by atoms with E-state index in [2.05, 4.69) is 26.0 Å². The Hall–Kier alpha value is -1.33. The summed E-state index contributed by atoms with van der Waals surface area (Å²) in [6, 6.07) is 8.10. The Morgan fingerprint density at radius 3 is 2.93 bits per heavy atom. The standard InChI is InChI=1S/C13H15NO/c1-9(2)13-8-15-7-11-5-10(6-14)3-4-12(11)13/h3-5,9,13H,7-8H2,1-2H3/t13-/m0/s1. The van der Waals surface area contributed by atoms with Crippen molar-refractivity contribution in [2.24, 2.45) is 5.92 Å². The van der Waals surface area contributed by atoms with Crippen LogP contribution in [0.15, 0.2) is 18.2 Å². The molecular weight excluding hydrogens is 186 g/mol. The molecule has 0 saturated carbocycles.